The van der Waals surface area contributed by atoms with Gasteiger partial charge in [-0.2, -0.15) is 0 Å². The van der Waals surface area contributed by atoms with E-state index in [1.807, 2.05) is 19.2 Å². The molecule has 0 radical (unpaired) electrons. The number of esters is 2. The summed E-state index contributed by atoms with van der Waals surface area (Å²) in [5, 5.41) is 24.2. The summed E-state index contributed by atoms with van der Waals surface area (Å²) in [6.45, 7) is 1.97. The summed E-state index contributed by atoms with van der Waals surface area (Å²) in [6, 6.07) is 12.3. The number of ether oxygens (including phenoxy) is 4. The lowest BCUT2D eigenvalue weighted by molar-refractivity contribution is -0.176. The second-order valence-electron chi connectivity index (χ2n) is 11.7. The lowest BCUT2D eigenvalue weighted by atomic mass is 9.50. The van der Waals surface area contributed by atoms with Crippen molar-refractivity contribution in [2.24, 2.45) is 0 Å². The summed E-state index contributed by atoms with van der Waals surface area (Å²) in [7, 11) is 3.59. The summed E-state index contributed by atoms with van der Waals surface area (Å²) < 4.78 is 23.8. The van der Waals surface area contributed by atoms with Gasteiger partial charge in [0, 0.05) is 30.1 Å². The van der Waals surface area contributed by atoms with Crippen LogP contribution in [0, 0.1) is 0 Å². The van der Waals surface area contributed by atoms with Gasteiger partial charge in [-0.05, 0) is 51.1 Å². The number of likely N-dealkylation sites (N-methyl/N-ethyl adjacent to an activating group) is 1. The Morgan fingerprint density at radius 3 is 2.67 bits per heavy atom. The molecule has 3 N–H and O–H groups in total. The van der Waals surface area contributed by atoms with Crippen molar-refractivity contribution in [2.45, 2.75) is 68.0 Å². The van der Waals surface area contributed by atoms with E-state index in [-0.39, 0.29) is 31.2 Å². The fraction of sp³-hybridized carbons (Fsp3) is 0.469. The molecule has 2 aliphatic carbocycles. The summed E-state index contributed by atoms with van der Waals surface area (Å²) >= 11 is 0. The van der Waals surface area contributed by atoms with Crippen LogP contribution in [0.5, 0.6) is 11.5 Å². The highest BCUT2D eigenvalue weighted by Crippen LogP contribution is 2.65. The predicted octanol–water partition coefficient (Wildman–Crippen LogP) is 1.69. The third kappa shape index (κ3) is 4.57. The lowest BCUT2D eigenvalue weighted by Gasteiger charge is -2.61. The van der Waals surface area contributed by atoms with E-state index in [0.29, 0.717) is 29.9 Å². The highest BCUT2D eigenvalue weighted by Gasteiger charge is 2.72. The normalized spacial score (nSPS) is 28.0. The molecule has 0 saturated carbocycles. The van der Waals surface area contributed by atoms with Gasteiger partial charge in [-0.3, -0.25) is 9.59 Å². The van der Waals surface area contributed by atoms with Crippen molar-refractivity contribution < 1.29 is 43.5 Å². The fourth-order valence-corrected chi connectivity index (χ4v) is 7.26. The van der Waals surface area contributed by atoms with Gasteiger partial charge < -0.3 is 39.4 Å². The Kier molecular flexibility index (Phi) is 7.44. The number of nitrogens with one attached hydrogen (secondary N) is 1. The Bertz CT molecular complexity index is 1470. The average molecular weight is 593 g/mol. The van der Waals surface area contributed by atoms with Gasteiger partial charge in [-0.1, -0.05) is 36.4 Å². The van der Waals surface area contributed by atoms with E-state index in [0.717, 1.165) is 17.7 Å². The number of nitrogens with zero attached hydrogens (tertiary/aromatic N) is 1. The first-order chi connectivity index (χ1) is 20.6. The van der Waals surface area contributed by atoms with Crippen LogP contribution in [0.4, 0.5) is 0 Å². The summed E-state index contributed by atoms with van der Waals surface area (Å²) in [5.41, 5.74) is 0.387. The summed E-state index contributed by atoms with van der Waals surface area (Å²) in [6.07, 6.45) is -0.404. The molecule has 2 aromatic carbocycles. The molecule has 0 unspecified atom stereocenters. The minimum Gasteiger partial charge on any atom is -0.493 e. The molecule has 2 aromatic rings. The van der Waals surface area contributed by atoms with Crippen molar-refractivity contribution >= 4 is 17.8 Å². The van der Waals surface area contributed by atoms with E-state index in [1.54, 1.807) is 43.5 Å². The number of likely N-dealkylation sites (tertiary alicyclic amines) is 1. The lowest BCUT2D eigenvalue weighted by Crippen LogP contribution is -2.74. The second-order valence-corrected chi connectivity index (χ2v) is 11.7. The molecule has 11 heteroatoms. The third-order valence-electron chi connectivity index (χ3n) is 9.35. The van der Waals surface area contributed by atoms with Gasteiger partial charge in [0.1, 0.15) is 11.9 Å². The Hall–Kier alpha value is -3.93. The van der Waals surface area contributed by atoms with Crippen molar-refractivity contribution in [3.05, 3.63) is 71.0 Å². The molecule has 6 atom stereocenters. The highest BCUT2D eigenvalue weighted by molar-refractivity contribution is 5.83. The van der Waals surface area contributed by atoms with Crippen LogP contribution in [0.2, 0.25) is 0 Å². The van der Waals surface area contributed by atoms with E-state index in [2.05, 4.69) is 10.2 Å². The molecule has 2 aliphatic heterocycles. The molecule has 1 fully saturated rings. The van der Waals surface area contributed by atoms with E-state index < -0.39 is 47.2 Å². The number of aliphatic hydroxyl groups excluding tert-OH is 1. The van der Waals surface area contributed by atoms with Crippen molar-refractivity contribution in [1.82, 2.24) is 10.2 Å². The zero-order valence-corrected chi connectivity index (χ0v) is 24.4. The zero-order chi connectivity index (χ0) is 30.5. The smallest absolute Gasteiger partial charge is 0.357 e. The molecule has 228 valence electrons. The first-order valence-corrected chi connectivity index (χ1v) is 14.5. The van der Waals surface area contributed by atoms with Crippen molar-refractivity contribution in [3.63, 3.8) is 0 Å². The molecular formula is C32H36N2O9. The van der Waals surface area contributed by atoms with Gasteiger partial charge in [0.05, 0.1) is 24.5 Å². The average Bonchev–Trinajstić information content (AvgIpc) is 3.35. The van der Waals surface area contributed by atoms with Gasteiger partial charge >= 0.3 is 11.9 Å². The highest BCUT2D eigenvalue weighted by atomic mass is 16.6. The predicted molar refractivity (Wildman–Crippen MR) is 152 cm³/mol. The minimum atomic E-state index is -1.38. The topological polar surface area (TPSA) is 144 Å². The molecule has 4 aliphatic rings. The Balaban J connectivity index is 1.29. The molecule has 43 heavy (non-hydrogen) atoms. The molecule has 2 heterocycles. The summed E-state index contributed by atoms with van der Waals surface area (Å²) in [5.74, 6) is -0.802. The minimum absolute atomic E-state index is 0.0701. The number of benzene rings is 2. The fourth-order valence-electron chi connectivity index (χ4n) is 7.26. The largest absolute Gasteiger partial charge is 0.493 e. The first kappa shape index (κ1) is 29.2. The monoisotopic (exact) mass is 592 g/mol. The molecule has 1 saturated heterocycles. The maximum Gasteiger partial charge on any atom is 0.357 e. The van der Waals surface area contributed by atoms with Gasteiger partial charge in [-0.15, -0.1) is 0 Å². The zero-order valence-electron chi connectivity index (χ0n) is 24.4. The molecular weight excluding hydrogens is 556 g/mol. The number of hydrogen-bond acceptors (Lipinski definition) is 10. The van der Waals surface area contributed by atoms with Crippen LogP contribution in [0.15, 0.2) is 54.3 Å². The maximum absolute atomic E-state index is 13.8. The van der Waals surface area contributed by atoms with Crippen LogP contribution in [0.25, 0.3) is 0 Å². The number of hydrogen-bond donors (Lipinski definition) is 3. The number of carbonyl (C=O) groups is 3. The van der Waals surface area contributed by atoms with E-state index in [4.69, 9.17) is 18.9 Å². The van der Waals surface area contributed by atoms with E-state index >= 15 is 0 Å². The van der Waals surface area contributed by atoms with E-state index in [9.17, 15) is 24.6 Å². The SMILES string of the molecule is COc1ccc2c3c1O[C@@H]1C(OC(=O)[C@@H](OC(=O)CCNC(=O)[C@H](C)O)c4ccccc4)=CC[C@]4(O)[C@H](C2)N(C)CC[C@@]314. The molecule has 0 aromatic heterocycles. The first-order valence-electron chi connectivity index (χ1n) is 14.5. The van der Waals surface area contributed by atoms with Gasteiger partial charge in [-0.25, -0.2) is 4.79 Å². The van der Waals surface area contributed by atoms with Gasteiger partial charge in [0.2, 0.25) is 12.0 Å². The maximum atomic E-state index is 13.8. The van der Waals surface area contributed by atoms with Gasteiger partial charge in [0.25, 0.3) is 0 Å². The summed E-state index contributed by atoms with van der Waals surface area (Å²) in [4.78, 5) is 40.3. The van der Waals surface area contributed by atoms with Crippen LogP contribution in [-0.4, -0.2) is 84.1 Å². The Morgan fingerprint density at radius 2 is 1.95 bits per heavy atom. The third-order valence-corrected chi connectivity index (χ3v) is 9.35. The molecule has 11 nitrogen and oxygen atoms in total. The number of amides is 1. The number of carbonyl (C=O) groups excluding carboxylic acids is 3. The standard InChI is InChI=1S/C32H36N2O9/c1-18(35)29(37)33-15-12-24(36)42-26(19-7-5-4-6-8-19)30(38)41-22-11-13-32(39)23-17-20-9-10-21(40-3)27-25(20)31(32,28(22)43-27)14-16-34(23)2/h4-11,18,23,26,28,35,39H,12-17H2,1-3H3,(H,33,37)/t18-,23-,26-,28+,31+,32-/m0/s1. The van der Waals surface area contributed by atoms with Crippen LogP contribution in [0.3, 0.4) is 0 Å². The molecule has 1 spiro atoms. The molecule has 6 rings (SSSR count). The van der Waals surface area contributed by atoms with Crippen LogP contribution >= 0.6 is 0 Å². The number of methoxy groups -OCH3 is 1. The Morgan fingerprint density at radius 1 is 1.19 bits per heavy atom. The van der Waals surface area contributed by atoms with E-state index in [1.165, 1.54) is 6.92 Å². The van der Waals surface area contributed by atoms with Gasteiger partial charge in [0.15, 0.2) is 17.6 Å². The van der Waals surface area contributed by atoms with Crippen molar-refractivity contribution in [2.75, 3.05) is 27.2 Å². The number of rotatable bonds is 9. The number of aliphatic hydroxyl groups is 2. The van der Waals surface area contributed by atoms with Crippen molar-refractivity contribution in [1.29, 1.82) is 0 Å². The molecule has 2 bridgehead atoms. The molecule has 1 amide bonds. The number of piperidine rings is 1. The van der Waals surface area contributed by atoms with Crippen LogP contribution in [-0.2, 0) is 35.7 Å². The Labute approximate surface area is 249 Å². The van der Waals surface area contributed by atoms with Crippen molar-refractivity contribution in [3.8, 4) is 11.5 Å². The van der Waals surface area contributed by atoms with Crippen LogP contribution < -0.4 is 14.8 Å². The second kappa shape index (κ2) is 11.0. The quantitative estimate of drug-likeness (QED) is 0.368. The van der Waals surface area contributed by atoms with Crippen LogP contribution in [0.1, 0.15) is 49.0 Å².